The lowest BCUT2D eigenvalue weighted by atomic mass is 9.92. The van der Waals surface area contributed by atoms with Gasteiger partial charge >= 0.3 is 5.97 Å². The molecular weight excluding hydrogens is 294 g/mol. The van der Waals surface area contributed by atoms with Crippen molar-refractivity contribution in [2.45, 2.75) is 70.5 Å². The minimum Gasteiger partial charge on any atom is -0.481 e. The molecule has 3 rings (SSSR count). The summed E-state index contributed by atoms with van der Waals surface area (Å²) >= 11 is 0. The summed E-state index contributed by atoms with van der Waals surface area (Å²) in [5.41, 5.74) is 0. The molecule has 0 aromatic carbocycles. The van der Waals surface area contributed by atoms with Crippen LogP contribution in [-0.4, -0.2) is 47.2 Å². The van der Waals surface area contributed by atoms with E-state index in [2.05, 4.69) is 0 Å². The number of ether oxygens (including phenoxy) is 1. The molecule has 1 heterocycles. The van der Waals surface area contributed by atoms with Crippen LogP contribution in [0.2, 0.25) is 0 Å². The molecule has 1 saturated heterocycles. The number of aliphatic carboxylic acids is 1. The number of hydrogen-bond donors (Lipinski definition) is 1. The first-order valence-corrected chi connectivity index (χ1v) is 9.27. The second kappa shape index (κ2) is 7.20. The lowest BCUT2D eigenvalue weighted by molar-refractivity contribution is -0.149. The van der Waals surface area contributed by atoms with Gasteiger partial charge in [-0.2, -0.15) is 0 Å². The second-order valence-electron chi connectivity index (χ2n) is 7.48. The van der Waals surface area contributed by atoms with E-state index in [0.717, 1.165) is 25.7 Å². The normalized spacial score (nSPS) is 30.4. The summed E-state index contributed by atoms with van der Waals surface area (Å²) in [4.78, 5) is 26.1. The predicted molar refractivity (Wildman–Crippen MR) is 86.0 cm³/mol. The molecule has 3 atom stereocenters. The van der Waals surface area contributed by atoms with Crippen molar-refractivity contribution >= 4 is 11.9 Å². The SMILES string of the molecule is CCC(OC1CCCCC1)C(=O)N1C[C@H](C(=O)O)[C@@H](C2CC2)C1. The van der Waals surface area contributed by atoms with E-state index in [1.807, 2.05) is 6.92 Å². The van der Waals surface area contributed by atoms with Crippen LogP contribution in [0.15, 0.2) is 0 Å². The lowest BCUT2D eigenvalue weighted by Gasteiger charge is -2.29. The maximum absolute atomic E-state index is 12.8. The molecule has 23 heavy (non-hydrogen) atoms. The highest BCUT2D eigenvalue weighted by molar-refractivity contribution is 5.82. The zero-order valence-electron chi connectivity index (χ0n) is 14.1. The molecule has 3 aliphatic rings. The van der Waals surface area contributed by atoms with Crippen LogP contribution in [0.1, 0.15) is 58.3 Å². The van der Waals surface area contributed by atoms with E-state index in [1.54, 1.807) is 4.90 Å². The highest BCUT2D eigenvalue weighted by Gasteiger charge is 2.47. The van der Waals surface area contributed by atoms with Gasteiger partial charge in [0.25, 0.3) is 5.91 Å². The quantitative estimate of drug-likeness (QED) is 0.816. The number of nitrogens with zero attached hydrogens (tertiary/aromatic N) is 1. The number of likely N-dealkylation sites (tertiary alicyclic amines) is 1. The van der Waals surface area contributed by atoms with Gasteiger partial charge < -0.3 is 14.7 Å². The van der Waals surface area contributed by atoms with Gasteiger partial charge in [-0.15, -0.1) is 0 Å². The summed E-state index contributed by atoms with van der Waals surface area (Å²) in [6.07, 6.45) is 8.43. The Morgan fingerprint density at radius 2 is 1.83 bits per heavy atom. The molecule has 1 unspecified atom stereocenters. The Balaban J connectivity index is 1.60. The first kappa shape index (κ1) is 16.7. The highest BCUT2D eigenvalue weighted by Crippen LogP contribution is 2.44. The predicted octanol–water partition coefficient (Wildman–Crippen LogP) is 2.68. The summed E-state index contributed by atoms with van der Waals surface area (Å²) in [5, 5.41) is 9.45. The second-order valence-corrected chi connectivity index (χ2v) is 7.48. The molecule has 130 valence electrons. The van der Waals surface area contributed by atoms with Crippen LogP contribution in [0.4, 0.5) is 0 Å². The van der Waals surface area contributed by atoms with Crippen LogP contribution in [-0.2, 0) is 14.3 Å². The van der Waals surface area contributed by atoms with E-state index >= 15 is 0 Å². The first-order chi connectivity index (χ1) is 11.1. The molecule has 0 aromatic rings. The van der Waals surface area contributed by atoms with Crippen molar-refractivity contribution in [2.75, 3.05) is 13.1 Å². The van der Waals surface area contributed by atoms with Gasteiger partial charge in [0.05, 0.1) is 12.0 Å². The number of carbonyl (C=O) groups excluding carboxylic acids is 1. The smallest absolute Gasteiger partial charge is 0.308 e. The number of rotatable bonds is 6. The van der Waals surface area contributed by atoms with E-state index in [4.69, 9.17) is 4.74 Å². The van der Waals surface area contributed by atoms with Crippen LogP contribution in [0.3, 0.4) is 0 Å². The van der Waals surface area contributed by atoms with Gasteiger partial charge in [0.2, 0.25) is 0 Å². The molecule has 0 bridgehead atoms. The molecule has 2 aliphatic carbocycles. The minimum atomic E-state index is -0.751. The summed E-state index contributed by atoms with van der Waals surface area (Å²) in [5.74, 6) is -0.485. The Bertz CT molecular complexity index is 442. The summed E-state index contributed by atoms with van der Waals surface area (Å²) < 4.78 is 6.08. The molecule has 3 fully saturated rings. The molecule has 0 aromatic heterocycles. The van der Waals surface area contributed by atoms with Crippen molar-refractivity contribution < 1.29 is 19.4 Å². The fourth-order valence-electron chi connectivity index (χ4n) is 4.24. The molecular formula is C18H29NO4. The van der Waals surface area contributed by atoms with Crippen molar-refractivity contribution in [1.29, 1.82) is 0 Å². The largest absolute Gasteiger partial charge is 0.481 e. The summed E-state index contributed by atoms with van der Waals surface area (Å²) in [7, 11) is 0. The maximum Gasteiger partial charge on any atom is 0.308 e. The average molecular weight is 323 g/mol. The summed E-state index contributed by atoms with van der Waals surface area (Å²) in [6.45, 7) is 2.94. The fourth-order valence-corrected chi connectivity index (χ4v) is 4.24. The third kappa shape index (κ3) is 3.87. The Morgan fingerprint density at radius 1 is 1.13 bits per heavy atom. The zero-order valence-corrected chi connectivity index (χ0v) is 14.1. The standard InChI is InChI=1S/C18H29NO4/c1-2-16(23-13-6-4-3-5-7-13)17(20)19-10-14(12-8-9-12)15(11-19)18(21)22/h12-16H,2-11H2,1H3,(H,21,22)/t14-,15+,16?/m1/s1. The average Bonchev–Trinajstić information content (AvgIpc) is 3.31. The van der Waals surface area contributed by atoms with Gasteiger partial charge in [0, 0.05) is 13.1 Å². The lowest BCUT2D eigenvalue weighted by Crippen LogP contribution is -2.41. The van der Waals surface area contributed by atoms with Crippen molar-refractivity contribution in [3.8, 4) is 0 Å². The highest BCUT2D eigenvalue weighted by atomic mass is 16.5. The van der Waals surface area contributed by atoms with Gasteiger partial charge in [-0.05, 0) is 43.9 Å². The first-order valence-electron chi connectivity index (χ1n) is 9.27. The molecule has 1 aliphatic heterocycles. The van der Waals surface area contributed by atoms with Crippen molar-refractivity contribution in [3.63, 3.8) is 0 Å². The third-order valence-corrected chi connectivity index (χ3v) is 5.78. The number of amides is 1. The number of carbonyl (C=O) groups is 2. The van der Waals surface area contributed by atoms with Crippen LogP contribution >= 0.6 is 0 Å². The maximum atomic E-state index is 12.8. The van der Waals surface area contributed by atoms with E-state index in [0.29, 0.717) is 25.4 Å². The monoisotopic (exact) mass is 323 g/mol. The molecule has 2 saturated carbocycles. The van der Waals surface area contributed by atoms with Gasteiger partial charge in [0.1, 0.15) is 6.10 Å². The molecule has 0 radical (unpaired) electrons. The Labute approximate surface area is 138 Å². The van der Waals surface area contributed by atoms with Gasteiger partial charge in [0.15, 0.2) is 0 Å². The minimum absolute atomic E-state index is 0.00692. The number of hydrogen-bond acceptors (Lipinski definition) is 3. The Morgan fingerprint density at radius 3 is 2.39 bits per heavy atom. The third-order valence-electron chi connectivity index (χ3n) is 5.78. The van der Waals surface area contributed by atoms with Crippen LogP contribution in [0.25, 0.3) is 0 Å². The molecule has 5 heteroatoms. The van der Waals surface area contributed by atoms with E-state index < -0.39 is 18.0 Å². The van der Waals surface area contributed by atoms with E-state index in [1.165, 1.54) is 19.3 Å². The zero-order chi connectivity index (χ0) is 16.4. The number of carboxylic acid groups (broad SMARTS) is 1. The fraction of sp³-hybridized carbons (Fsp3) is 0.889. The van der Waals surface area contributed by atoms with Crippen molar-refractivity contribution in [3.05, 3.63) is 0 Å². The summed E-state index contributed by atoms with van der Waals surface area (Å²) in [6, 6.07) is 0. The topological polar surface area (TPSA) is 66.8 Å². The van der Waals surface area contributed by atoms with E-state index in [9.17, 15) is 14.7 Å². The van der Waals surface area contributed by atoms with Gasteiger partial charge in [-0.25, -0.2) is 0 Å². The van der Waals surface area contributed by atoms with E-state index in [-0.39, 0.29) is 17.9 Å². The molecule has 1 N–H and O–H groups in total. The van der Waals surface area contributed by atoms with Crippen molar-refractivity contribution in [2.24, 2.45) is 17.8 Å². The van der Waals surface area contributed by atoms with Crippen LogP contribution in [0.5, 0.6) is 0 Å². The Kier molecular flexibility index (Phi) is 5.24. The molecule has 0 spiro atoms. The van der Waals surface area contributed by atoms with Gasteiger partial charge in [-0.3, -0.25) is 9.59 Å². The van der Waals surface area contributed by atoms with Gasteiger partial charge in [-0.1, -0.05) is 26.2 Å². The molecule has 5 nitrogen and oxygen atoms in total. The number of carboxylic acids is 1. The Hall–Kier alpha value is -1.10. The molecule has 1 amide bonds. The van der Waals surface area contributed by atoms with Crippen LogP contribution < -0.4 is 0 Å². The van der Waals surface area contributed by atoms with Crippen molar-refractivity contribution in [1.82, 2.24) is 4.90 Å². The van der Waals surface area contributed by atoms with Crippen LogP contribution in [0, 0.1) is 17.8 Å².